The van der Waals surface area contributed by atoms with Gasteiger partial charge in [0.05, 0.1) is 24.0 Å². The van der Waals surface area contributed by atoms with Crippen LogP contribution in [0.15, 0.2) is 78.9 Å². The summed E-state index contributed by atoms with van der Waals surface area (Å²) in [7, 11) is 1.61. The van der Waals surface area contributed by atoms with Gasteiger partial charge in [0, 0.05) is 28.8 Å². The van der Waals surface area contributed by atoms with Crippen LogP contribution in [-0.2, 0) is 0 Å². The van der Waals surface area contributed by atoms with Crippen LogP contribution >= 0.6 is 11.8 Å². The van der Waals surface area contributed by atoms with Crippen LogP contribution in [0, 0.1) is 0 Å². The Balaban J connectivity index is 2.14. The van der Waals surface area contributed by atoms with Gasteiger partial charge in [-0.2, -0.15) is 0 Å². The van der Waals surface area contributed by atoms with E-state index in [1.54, 1.807) is 31.1 Å². The van der Waals surface area contributed by atoms with Gasteiger partial charge in [-0.1, -0.05) is 36.4 Å². The highest BCUT2D eigenvalue weighted by atomic mass is 32.2. The topological polar surface area (TPSA) is 63.2 Å². The van der Waals surface area contributed by atoms with E-state index >= 15 is 0 Å². The first kappa shape index (κ1) is 20.5. The fourth-order valence-electron chi connectivity index (χ4n) is 2.91. The predicted molar refractivity (Wildman–Crippen MR) is 121 cm³/mol. The maximum atomic E-state index is 12.8. The number of carbonyl (C=O) groups is 1. The van der Waals surface area contributed by atoms with Crippen LogP contribution in [0.2, 0.25) is 0 Å². The number of fused-ring (bicyclic) bond motifs is 1. The van der Waals surface area contributed by atoms with Crippen LogP contribution in [0.4, 0.5) is 11.4 Å². The minimum Gasteiger partial charge on any atom is -0.494 e. The van der Waals surface area contributed by atoms with E-state index in [0.29, 0.717) is 29.1 Å². The quantitative estimate of drug-likeness (QED) is 0.379. The van der Waals surface area contributed by atoms with Gasteiger partial charge in [0.2, 0.25) is 0 Å². The normalized spacial score (nSPS) is 10.4. The Morgan fingerprint density at radius 1 is 1.17 bits per heavy atom. The molecule has 0 spiro atoms. The summed E-state index contributed by atoms with van der Waals surface area (Å²) in [5.41, 5.74) is 2.74. The van der Waals surface area contributed by atoms with Crippen LogP contribution in [0.1, 0.15) is 10.4 Å². The minimum absolute atomic E-state index is 0.221. The van der Waals surface area contributed by atoms with Crippen molar-refractivity contribution in [3.8, 4) is 5.75 Å². The predicted octanol–water partition coefficient (Wildman–Crippen LogP) is 5.18. The van der Waals surface area contributed by atoms with Crippen molar-refractivity contribution in [1.82, 2.24) is 10.3 Å². The summed E-state index contributed by atoms with van der Waals surface area (Å²) in [4.78, 5) is 18.3. The third-order valence-corrected chi connectivity index (χ3v) is 5.30. The molecule has 2 N–H and O–H groups in total. The zero-order chi connectivity index (χ0) is 20.6. The molecule has 0 aliphatic rings. The minimum atomic E-state index is -0.221. The summed E-state index contributed by atoms with van der Waals surface area (Å²) in [6.45, 7) is 7.82. The van der Waals surface area contributed by atoms with Crippen molar-refractivity contribution >= 4 is 39.9 Å². The summed E-state index contributed by atoms with van der Waals surface area (Å²) < 4.78 is 5.46. The van der Waals surface area contributed by atoms with E-state index in [1.165, 1.54) is 0 Å². The Kier molecular flexibility index (Phi) is 6.92. The number of ether oxygens (including phenoxy) is 1. The van der Waals surface area contributed by atoms with Crippen LogP contribution in [0.25, 0.3) is 10.9 Å². The Morgan fingerprint density at radius 3 is 2.76 bits per heavy atom. The second kappa shape index (κ2) is 9.80. The highest BCUT2D eigenvalue weighted by Gasteiger charge is 2.18. The molecule has 0 fully saturated rings. The van der Waals surface area contributed by atoms with Gasteiger partial charge in [-0.3, -0.25) is 9.78 Å². The smallest absolute Gasteiger partial charge is 0.255 e. The fraction of sp³-hybridized carbons (Fsp3) is 0.130. The Hall–Kier alpha value is -3.25. The molecule has 1 amide bonds. The molecule has 0 saturated carbocycles. The molecule has 0 saturated heterocycles. The summed E-state index contributed by atoms with van der Waals surface area (Å²) in [5, 5.41) is 7.10. The maximum Gasteiger partial charge on any atom is 0.255 e. The molecule has 0 aliphatic heterocycles. The molecule has 0 unspecified atom stereocenters. The van der Waals surface area contributed by atoms with Gasteiger partial charge in [0.25, 0.3) is 5.91 Å². The summed E-state index contributed by atoms with van der Waals surface area (Å²) in [5.74, 6) is 1.22. The molecule has 0 aliphatic carbocycles. The van der Waals surface area contributed by atoms with Crippen molar-refractivity contribution in [3.63, 3.8) is 0 Å². The number of methoxy groups -OCH3 is 1. The van der Waals surface area contributed by atoms with E-state index in [2.05, 4.69) is 28.8 Å². The standard InChI is InChI=1S/C23H23N3O2S/c1-4-13-24-23(27)17-15-25-22-16(9-8-11-19(22)28-3)21(17)26-18-10-6-7-12-20(18)29-14-5-2/h4-12,15H,1-2,13-14H2,3H3,(H,24,27)(H,25,26). The first-order valence-electron chi connectivity index (χ1n) is 9.14. The number of anilines is 2. The number of rotatable bonds is 9. The molecule has 3 aromatic rings. The second-order valence-electron chi connectivity index (χ2n) is 6.12. The molecule has 0 bridgehead atoms. The summed E-state index contributed by atoms with van der Waals surface area (Å²) in [6.07, 6.45) is 5.08. The van der Waals surface area contributed by atoms with Crippen molar-refractivity contribution in [3.05, 3.63) is 79.5 Å². The number of para-hydroxylation sites is 2. The van der Waals surface area contributed by atoms with Gasteiger partial charge >= 0.3 is 0 Å². The summed E-state index contributed by atoms with van der Waals surface area (Å²) in [6, 6.07) is 13.6. The number of aromatic nitrogens is 1. The maximum absolute atomic E-state index is 12.8. The van der Waals surface area contributed by atoms with Gasteiger partial charge in [-0.25, -0.2) is 0 Å². The van der Waals surface area contributed by atoms with Gasteiger partial charge in [0.1, 0.15) is 11.3 Å². The lowest BCUT2D eigenvalue weighted by Gasteiger charge is -2.17. The Labute approximate surface area is 174 Å². The van der Waals surface area contributed by atoms with Crippen molar-refractivity contribution in [2.75, 3.05) is 24.7 Å². The largest absolute Gasteiger partial charge is 0.494 e. The van der Waals surface area contributed by atoms with Crippen LogP contribution in [-0.4, -0.2) is 30.3 Å². The van der Waals surface area contributed by atoms with Crippen molar-refractivity contribution in [2.24, 2.45) is 0 Å². The summed E-state index contributed by atoms with van der Waals surface area (Å²) >= 11 is 1.67. The molecular formula is C23H23N3O2S. The molecule has 148 valence electrons. The first-order valence-corrected chi connectivity index (χ1v) is 10.1. The SMILES string of the molecule is C=CCNC(=O)c1cnc2c(OC)cccc2c1Nc1ccccc1SCC=C. The lowest BCUT2D eigenvalue weighted by molar-refractivity contribution is 0.0958. The third-order valence-electron chi connectivity index (χ3n) is 4.24. The third kappa shape index (κ3) is 4.60. The molecule has 0 atom stereocenters. The lowest BCUT2D eigenvalue weighted by Crippen LogP contribution is -2.24. The van der Waals surface area contributed by atoms with Crippen molar-refractivity contribution < 1.29 is 9.53 Å². The number of amides is 1. The molecule has 1 aromatic heterocycles. The Morgan fingerprint density at radius 2 is 2.00 bits per heavy atom. The monoisotopic (exact) mass is 405 g/mol. The van der Waals surface area contributed by atoms with E-state index < -0.39 is 0 Å². The lowest BCUT2D eigenvalue weighted by atomic mass is 10.1. The van der Waals surface area contributed by atoms with E-state index in [1.807, 2.05) is 48.5 Å². The average molecular weight is 406 g/mol. The number of nitrogens with one attached hydrogen (secondary N) is 2. The van der Waals surface area contributed by atoms with E-state index in [-0.39, 0.29) is 5.91 Å². The van der Waals surface area contributed by atoms with Gasteiger partial charge in [-0.15, -0.1) is 24.9 Å². The number of benzene rings is 2. The number of thioether (sulfide) groups is 1. The molecular weight excluding hydrogens is 382 g/mol. The number of nitrogens with zero attached hydrogens (tertiary/aromatic N) is 1. The van der Waals surface area contributed by atoms with E-state index in [4.69, 9.17) is 4.74 Å². The highest BCUT2D eigenvalue weighted by molar-refractivity contribution is 7.99. The van der Waals surface area contributed by atoms with Crippen LogP contribution in [0.5, 0.6) is 5.75 Å². The van der Waals surface area contributed by atoms with Crippen LogP contribution < -0.4 is 15.4 Å². The fourth-order valence-corrected chi connectivity index (χ4v) is 3.65. The Bertz CT molecular complexity index is 1050. The van der Waals surface area contributed by atoms with E-state index in [9.17, 15) is 4.79 Å². The highest BCUT2D eigenvalue weighted by Crippen LogP contribution is 2.36. The van der Waals surface area contributed by atoms with E-state index in [0.717, 1.165) is 21.7 Å². The molecule has 0 radical (unpaired) electrons. The van der Waals surface area contributed by atoms with Gasteiger partial charge in [0.15, 0.2) is 0 Å². The zero-order valence-electron chi connectivity index (χ0n) is 16.3. The van der Waals surface area contributed by atoms with Gasteiger partial charge < -0.3 is 15.4 Å². The second-order valence-corrected chi connectivity index (χ2v) is 7.18. The molecule has 29 heavy (non-hydrogen) atoms. The van der Waals surface area contributed by atoms with Gasteiger partial charge in [-0.05, 0) is 18.2 Å². The number of pyridine rings is 1. The van der Waals surface area contributed by atoms with Crippen molar-refractivity contribution in [2.45, 2.75) is 4.90 Å². The zero-order valence-corrected chi connectivity index (χ0v) is 17.1. The molecule has 6 heteroatoms. The number of carbonyl (C=O) groups excluding carboxylic acids is 1. The first-order chi connectivity index (χ1) is 14.2. The van der Waals surface area contributed by atoms with Crippen molar-refractivity contribution in [1.29, 1.82) is 0 Å². The molecule has 3 rings (SSSR count). The molecule has 5 nitrogen and oxygen atoms in total. The van der Waals surface area contributed by atoms with Crippen LogP contribution in [0.3, 0.4) is 0 Å². The number of hydrogen-bond donors (Lipinski definition) is 2. The molecule has 1 heterocycles. The number of hydrogen-bond acceptors (Lipinski definition) is 5. The molecule has 2 aromatic carbocycles. The average Bonchev–Trinajstić information content (AvgIpc) is 2.76.